The van der Waals surface area contributed by atoms with Crippen molar-refractivity contribution in [3.8, 4) is 34.8 Å². The van der Waals surface area contributed by atoms with Crippen molar-refractivity contribution in [3.63, 3.8) is 0 Å². The lowest BCUT2D eigenvalue weighted by Gasteiger charge is -2.30. The normalized spacial score (nSPS) is 10.5. The highest BCUT2D eigenvalue weighted by Crippen LogP contribution is 2.39. The van der Waals surface area contributed by atoms with Gasteiger partial charge in [-0.2, -0.15) is 5.10 Å². The van der Waals surface area contributed by atoms with Gasteiger partial charge in [-0.15, -0.1) is 5.92 Å². The largest absolute Gasteiger partial charge is 0.495 e. The van der Waals surface area contributed by atoms with Gasteiger partial charge in [0.25, 0.3) is 0 Å². The molecule has 12 heteroatoms. The summed E-state index contributed by atoms with van der Waals surface area (Å²) in [7, 11) is 12.1. The van der Waals surface area contributed by atoms with Gasteiger partial charge in [0.15, 0.2) is 18.2 Å². The summed E-state index contributed by atoms with van der Waals surface area (Å²) in [5.41, 5.74) is 9.68. The number of aromatic nitrogens is 4. The Balaban J connectivity index is 0.00000230. The molecule has 0 spiro atoms. The third-order valence-electron chi connectivity index (χ3n) is 7.05. The summed E-state index contributed by atoms with van der Waals surface area (Å²) < 4.78 is 26.2. The molecule has 0 saturated carbocycles. The van der Waals surface area contributed by atoms with Crippen LogP contribution in [0.5, 0.6) is 23.0 Å². The predicted octanol–water partition coefficient (Wildman–Crippen LogP) is 4.07. The van der Waals surface area contributed by atoms with Crippen LogP contribution in [0, 0.1) is 11.8 Å². The molecule has 45 heavy (non-hydrogen) atoms. The smallest absolute Gasteiger partial charge is 0.214 e. The van der Waals surface area contributed by atoms with E-state index in [2.05, 4.69) is 37.5 Å². The monoisotopic (exact) mass is 621 g/mol. The molecule has 0 aliphatic rings. The van der Waals surface area contributed by atoms with E-state index < -0.39 is 0 Å². The Morgan fingerprint density at radius 3 is 2.16 bits per heavy atom. The van der Waals surface area contributed by atoms with Crippen LogP contribution in [0.4, 0.5) is 5.95 Å². The fourth-order valence-electron chi connectivity index (χ4n) is 5.03. The lowest BCUT2D eigenvalue weighted by Crippen LogP contribution is -2.41. The number of benzene rings is 2. The summed E-state index contributed by atoms with van der Waals surface area (Å²) in [5.74, 6) is 7.96. The first-order chi connectivity index (χ1) is 21.0. The molecule has 0 unspecified atom stereocenters. The van der Waals surface area contributed by atoms with Crippen molar-refractivity contribution in [1.29, 1.82) is 0 Å². The van der Waals surface area contributed by atoms with Gasteiger partial charge in [0, 0.05) is 18.0 Å². The molecule has 2 heterocycles. The Bertz CT molecular complexity index is 1720. The van der Waals surface area contributed by atoms with Gasteiger partial charge in [-0.3, -0.25) is 4.79 Å². The average molecular weight is 622 g/mol. The highest BCUT2D eigenvalue weighted by atomic mass is 16.5. The molecule has 0 bridgehead atoms. The summed E-state index contributed by atoms with van der Waals surface area (Å²) in [5, 5.41) is 5.53. The summed E-state index contributed by atoms with van der Waals surface area (Å²) in [4.78, 5) is 18.5. The van der Waals surface area contributed by atoms with Crippen molar-refractivity contribution < 1.29 is 33.7 Å². The zero-order chi connectivity index (χ0) is 32.8. The molecule has 0 aliphatic carbocycles. The van der Waals surface area contributed by atoms with Crippen LogP contribution < -0.4 is 24.7 Å². The molecule has 4 N–H and O–H groups in total. The summed E-state index contributed by atoms with van der Waals surface area (Å²) in [6.07, 6.45) is 1.70. The maximum atomic E-state index is 14.1. The number of rotatable bonds is 11. The molecule has 0 amide bonds. The zero-order valence-electron chi connectivity index (χ0n) is 27.9. The van der Waals surface area contributed by atoms with Gasteiger partial charge < -0.3 is 39.2 Å². The fourth-order valence-corrected chi connectivity index (χ4v) is 5.03. The van der Waals surface area contributed by atoms with Crippen LogP contribution >= 0.6 is 0 Å². The minimum atomic E-state index is -0.308. The number of nitrogens with two attached hydrogens (primary N) is 1. The molecule has 12 nitrogen and oxygen atoms in total. The van der Waals surface area contributed by atoms with Crippen molar-refractivity contribution in [2.75, 3.05) is 48.3 Å². The topological polar surface area (TPSA) is 147 Å². The number of nitrogens with zero attached hydrogens (tertiary/aromatic N) is 5. The summed E-state index contributed by atoms with van der Waals surface area (Å²) in [6, 6.07) is 6.87. The molecule has 0 aliphatic heterocycles. The van der Waals surface area contributed by atoms with Crippen molar-refractivity contribution in [3.05, 3.63) is 59.1 Å². The number of nitrogen functional groups attached to an aromatic ring is 1. The van der Waals surface area contributed by atoms with Crippen LogP contribution in [0.3, 0.4) is 0 Å². The number of quaternary nitrogens is 1. The number of fused-ring (bicyclic) bond motifs is 1. The molecule has 2 aromatic carbocycles. The third-order valence-corrected chi connectivity index (χ3v) is 7.05. The molecule has 0 radical (unpaired) electrons. The number of carbonyl (C=O) groups excluding carboxylic acids is 1. The summed E-state index contributed by atoms with van der Waals surface area (Å²) in [6.45, 7) is 10.6. The molecule has 4 rings (SSSR count). The molecule has 0 saturated heterocycles. The van der Waals surface area contributed by atoms with Crippen LogP contribution in [-0.4, -0.2) is 77.6 Å². The first-order valence-electron chi connectivity index (χ1n) is 14.1. The Morgan fingerprint density at radius 1 is 1.04 bits per heavy atom. The Hall–Kier alpha value is -4.99. The summed E-state index contributed by atoms with van der Waals surface area (Å²) >= 11 is 0. The number of ketones is 1. The van der Waals surface area contributed by atoms with Crippen LogP contribution in [-0.2, 0) is 20.3 Å². The van der Waals surface area contributed by atoms with Crippen molar-refractivity contribution in [2.24, 2.45) is 7.05 Å². The standard InChI is InChI=1S/C31H37N6O5.C2H6.H2O/c1-10-12-20-24(39-6)14-13-21-27(29(38)19-15-25(40-7)30(42-9)26(16-19)41-8)34-36(28(20)21)18-37(4,5)17-23-22(11-2)33-31(32)35(23)3;1-2;/h11,13-16H,2,17-18H2,1,3-9H3,(H2,32,33);1-2H3;1H2/q+1;;. The second-order valence-electron chi connectivity index (χ2n) is 10.3. The van der Waals surface area contributed by atoms with Gasteiger partial charge in [0.2, 0.25) is 17.5 Å². The minimum Gasteiger partial charge on any atom is -0.495 e. The highest BCUT2D eigenvalue weighted by Gasteiger charge is 2.29. The quantitative estimate of drug-likeness (QED) is 0.150. The number of imidazole rings is 1. The Kier molecular flexibility index (Phi) is 12.2. The van der Waals surface area contributed by atoms with E-state index in [1.807, 2.05) is 36.2 Å². The van der Waals surface area contributed by atoms with Gasteiger partial charge in [-0.1, -0.05) is 26.3 Å². The van der Waals surface area contributed by atoms with E-state index in [0.29, 0.717) is 68.7 Å². The molecule has 242 valence electrons. The van der Waals surface area contributed by atoms with Crippen LogP contribution in [0.1, 0.15) is 53.8 Å². The minimum absolute atomic E-state index is 0. The second kappa shape index (κ2) is 15.1. The SMILES string of the molecule is C=Cc1nc(N)n(C)c1C[N+](C)(C)Cn1nc(C(=O)c2cc(OC)c(OC)c(OC)c2)c2ccc(OC)c(C#CC)c21.CC.O. The van der Waals surface area contributed by atoms with Crippen molar-refractivity contribution >= 4 is 28.7 Å². The van der Waals surface area contributed by atoms with E-state index in [-0.39, 0.29) is 17.0 Å². The van der Waals surface area contributed by atoms with Gasteiger partial charge in [-0.25, -0.2) is 9.67 Å². The van der Waals surface area contributed by atoms with E-state index in [4.69, 9.17) is 29.8 Å². The number of carbonyl (C=O) groups is 1. The molecular weight excluding hydrogens is 576 g/mol. The third kappa shape index (κ3) is 7.06. The van der Waals surface area contributed by atoms with E-state index in [1.54, 1.807) is 38.3 Å². The van der Waals surface area contributed by atoms with Crippen LogP contribution in [0.15, 0.2) is 30.8 Å². The van der Waals surface area contributed by atoms with Crippen LogP contribution in [0.2, 0.25) is 0 Å². The predicted molar refractivity (Wildman–Crippen MR) is 177 cm³/mol. The van der Waals surface area contributed by atoms with Gasteiger partial charge in [0.1, 0.15) is 23.7 Å². The number of hydrogen-bond donors (Lipinski definition) is 1. The van der Waals surface area contributed by atoms with E-state index >= 15 is 0 Å². The molecule has 4 aromatic rings. The van der Waals surface area contributed by atoms with Crippen molar-refractivity contribution in [1.82, 2.24) is 19.3 Å². The number of anilines is 1. The number of methoxy groups -OCH3 is 4. The van der Waals surface area contributed by atoms with E-state index in [0.717, 1.165) is 11.4 Å². The van der Waals surface area contributed by atoms with Gasteiger partial charge in [0.05, 0.1) is 59.3 Å². The van der Waals surface area contributed by atoms with E-state index in [9.17, 15) is 4.79 Å². The lowest BCUT2D eigenvalue weighted by atomic mass is 10.0. The number of hydrogen-bond acceptors (Lipinski definition) is 8. The fraction of sp³-hybridized carbons (Fsp3) is 0.364. The van der Waals surface area contributed by atoms with Crippen LogP contribution in [0.25, 0.3) is 17.0 Å². The molecule has 2 aromatic heterocycles. The Labute approximate surface area is 264 Å². The zero-order valence-corrected chi connectivity index (χ0v) is 27.9. The molecular formula is C33H45N6O6+. The van der Waals surface area contributed by atoms with Gasteiger partial charge in [-0.05, 0) is 37.3 Å². The van der Waals surface area contributed by atoms with Gasteiger partial charge >= 0.3 is 0 Å². The highest BCUT2D eigenvalue weighted by molar-refractivity contribution is 6.16. The van der Waals surface area contributed by atoms with Crippen molar-refractivity contribution in [2.45, 2.75) is 34.0 Å². The first-order valence-corrected chi connectivity index (χ1v) is 14.1. The number of ether oxygens (including phenoxy) is 4. The first kappa shape index (κ1) is 36.2. The lowest BCUT2D eigenvalue weighted by molar-refractivity contribution is -0.926. The van der Waals surface area contributed by atoms with E-state index in [1.165, 1.54) is 21.3 Å². The second-order valence-corrected chi connectivity index (χ2v) is 10.3. The molecule has 0 atom stereocenters. The Morgan fingerprint density at radius 2 is 1.64 bits per heavy atom. The average Bonchev–Trinajstić information content (AvgIpc) is 3.52. The maximum Gasteiger partial charge on any atom is 0.214 e. The molecule has 0 fully saturated rings. The maximum absolute atomic E-state index is 14.1.